The standard InChI is InChI=1S/C16H21BrN2O2/c1-10-3-6-13(7-4-10)18-15(20)16(21)19-14-8-5-12(17)9-11(14)2/h5,8-10,13H,3-4,6-7H2,1-2H3,(H,18,20)(H,19,21). The van der Waals surface area contributed by atoms with E-state index in [1.807, 2.05) is 19.1 Å². The number of halogens is 1. The average Bonchev–Trinajstić information content (AvgIpc) is 2.44. The lowest BCUT2D eigenvalue weighted by Gasteiger charge is -2.26. The molecule has 1 aromatic carbocycles. The summed E-state index contributed by atoms with van der Waals surface area (Å²) in [7, 11) is 0. The van der Waals surface area contributed by atoms with E-state index >= 15 is 0 Å². The van der Waals surface area contributed by atoms with Gasteiger partial charge in [0.05, 0.1) is 0 Å². The number of carbonyl (C=O) groups is 2. The molecular weight excluding hydrogens is 332 g/mol. The van der Waals surface area contributed by atoms with Gasteiger partial charge in [-0.15, -0.1) is 0 Å². The SMILES string of the molecule is Cc1cc(Br)ccc1NC(=O)C(=O)NC1CCC(C)CC1. The summed E-state index contributed by atoms with van der Waals surface area (Å²) >= 11 is 3.37. The van der Waals surface area contributed by atoms with E-state index in [1.54, 1.807) is 6.07 Å². The predicted molar refractivity (Wildman–Crippen MR) is 87.1 cm³/mol. The summed E-state index contributed by atoms with van der Waals surface area (Å²) in [5.74, 6) is -0.423. The topological polar surface area (TPSA) is 58.2 Å². The first-order valence-electron chi connectivity index (χ1n) is 7.33. The Morgan fingerprint density at radius 3 is 2.43 bits per heavy atom. The van der Waals surface area contributed by atoms with Crippen molar-refractivity contribution < 1.29 is 9.59 Å². The van der Waals surface area contributed by atoms with Crippen LogP contribution in [0.5, 0.6) is 0 Å². The Bertz CT molecular complexity index is 537. The smallest absolute Gasteiger partial charge is 0.313 e. The van der Waals surface area contributed by atoms with Gasteiger partial charge in [0.25, 0.3) is 0 Å². The molecule has 21 heavy (non-hydrogen) atoms. The van der Waals surface area contributed by atoms with Crippen molar-refractivity contribution in [3.05, 3.63) is 28.2 Å². The van der Waals surface area contributed by atoms with Gasteiger partial charge in [-0.25, -0.2) is 0 Å². The fourth-order valence-electron chi connectivity index (χ4n) is 2.60. The van der Waals surface area contributed by atoms with Crippen molar-refractivity contribution in [1.29, 1.82) is 0 Å². The summed E-state index contributed by atoms with van der Waals surface area (Å²) < 4.78 is 0.943. The Labute approximate surface area is 133 Å². The number of aryl methyl sites for hydroxylation is 1. The van der Waals surface area contributed by atoms with Crippen LogP contribution in [0.15, 0.2) is 22.7 Å². The molecule has 1 saturated carbocycles. The van der Waals surface area contributed by atoms with Crippen LogP contribution in [0, 0.1) is 12.8 Å². The molecule has 2 amide bonds. The Morgan fingerprint density at radius 1 is 1.14 bits per heavy atom. The van der Waals surface area contributed by atoms with Gasteiger partial charge >= 0.3 is 11.8 Å². The summed E-state index contributed by atoms with van der Waals surface area (Å²) in [6.07, 6.45) is 4.13. The van der Waals surface area contributed by atoms with E-state index in [9.17, 15) is 9.59 Å². The van der Waals surface area contributed by atoms with E-state index in [4.69, 9.17) is 0 Å². The molecule has 0 aliphatic heterocycles. The molecule has 0 spiro atoms. The van der Waals surface area contributed by atoms with Crippen LogP contribution in [0.3, 0.4) is 0 Å². The van der Waals surface area contributed by atoms with Gasteiger partial charge in [0.2, 0.25) is 0 Å². The number of hydrogen-bond acceptors (Lipinski definition) is 2. The van der Waals surface area contributed by atoms with Gasteiger partial charge in [0, 0.05) is 16.2 Å². The normalized spacial score (nSPS) is 21.7. The molecule has 0 heterocycles. The Balaban J connectivity index is 1.89. The largest absolute Gasteiger partial charge is 0.345 e. The summed E-state index contributed by atoms with van der Waals surface area (Å²) in [5.41, 5.74) is 1.58. The minimum atomic E-state index is -0.598. The third-order valence-electron chi connectivity index (χ3n) is 3.99. The lowest BCUT2D eigenvalue weighted by atomic mass is 9.87. The first kappa shape index (κ1) is 16.0. The van der Waals surface area contributed by atoms with E-state index in [1.165, 1.54) is 0 Å². The summed E-state index contributed by atoms with van der Waals surface area (Å²) in [6, 6.07) is 5.65. The Hall–Kier alpha value is -1.36. The van der Waals surface area contributed by atoms with E-state index in [0.29, 0.717) is 5.69 Å². The van der Waals surface area contributed by atoms with Crippen LogP contribution in [0.1, 0.15) is 38.2 Å². The highest BCUT2D eigenvalue weighted by Crippen LogP contribution is 2.23. The lowest BCUT2D eigenvalue weighted by Crippen LogP contribution is -2.43. The molecule has 2 rings (SSSR count). The van der Waals surface area contributed by atoms with E-state index in [-0.39, 0.29) is 6.04 Å². The second-order valence-corrected chi connectivity index (χ2v) is 6.76. The molecule has 1 aliphatic carbocycles. The Kier molecular flexibility index (Phi) is 5.39. The minimum Gasteiger partial charge on any atom is -0.345 e. The number of carbonyl (C=O) groups excluding carboxylic acids is 2. The molecule has 114 valence electrons. The number of anilines is 1. The van der Waals surface area contributed by atoms with Crippen LogP contribution in [-0.4, -0.2) is 17.9 Å². The second kappa shape index (κ2) is 7.07. The molecule has 0 radical (unpaired) electrons. The average molecular weight is 353 g/mol. The molecule has 0 atom stereocenters. The number of rotatable bonds is 2. The number of hydrogen-bond donors (Lipinski definition) is 2. The van der Waals surface area contributed by atoms with Gasteiger partial charge in [-0.2, -0.15) is 0 Å². The summed E-state index contributed by atoms with van der Waals surface area (Å²) in [6.45, 7) is 4.11. The third kappa shape index (κ3) is 4.56. The zero-order valence-corrected chi connectivity index (χ0v) is 14.0. The molecule has 0 saturated heterocycles. The molecular formula is C16H21BrN2O2. The van der Waals surface area contributed by atoms with Gasteiger partial charge in [0.1, 0.15) is 0 Å². The second-order valence-electron chi connectivity index (χ2n) is 5.84. The highest BCUT2D eigenvalue weighted by Gasteiger charge is 2.23. The van der Waals surface area contributed by atoms with Crippen molar-refractivity contribution >= 4 is 33.4 Å². The molecule has 1 fully saturated rings. The minimum absolute atomic E-state index is 0.130. The maximum atomic E-state index is 12.0. The number of nitrogens with one attached hydrogen (secondary N) is 2. The quantitative estimate of drug-likeness (QED) is 0.801. The van der Waals surface area contributed by atoms with Crippen molar-refractivity contribution in [3.63, 3.8) is 0 Å². The summed E-state index contributed by atoms with van der Waals surface area (Å²) in [4.78, 5) is 23.9. The van der Waals surface area contributed by atoms with Crippen molar-refractivity contribution in [2.45, 2.75) is 45.6 Å². The van der Waals surface area contributed by atoms with Crippen LogP contribution < -0.4 is 10.6 Å². The maximum Gasteiger partial charge on any atom is 0.313 e. The van der Waals surface area contributed by atoms with Gasteiger partial charge in [0.15, 0.2) is 0 Å². The Morgan fingerprint density at radius 2 is 1.81 bits per heavy atom. The fourth-order valence-corrected chi connectivity index (χ4v) is 3.08. The zero-order valence-electron chi connectivity index (χ0n) is 12.4. The molecule has 1 aromatic rings. The number of amides is 2. The predicted octanol–water partition coefficient (Wildman–Crippen LogP) is 3.39. The molecule has 0 unspecified atom stereocenters. The fraction of sp³-hybridized carbons (Fsp3) is 0.500. The van der Waals surface area contributed by atoms with Crippen LogP contribution >= 0.6 is 15.9 Å². The van der Waals surface area contributed by atoms with Crippen LogP contribution in [0.25, 0.3) is 0 Å². The maximum absolute atomic E-state index is 12.0. The zero-order chi connectivity index (χ0) is 15.4. The lowest BCUT2D eigenvalue weighted by molar-refractivity contribution is -0.136. The molecule has 5 heteroatoms. The van der Waals surface area contributed by atoms with Crippen molar-refractivity contribution in [2.24, 2.45) is 5.92 Å². The van der Waals surface area contributed by atoms with Gasteiger partial charge in [-0.1, -0.05) is 22.9 Å². The molecule has 4 nitrogen and oxygen atoms in total. The van der Waals surface area contributed by atoms with Crippen LogP contribution in [0.4, 0.5) is 5.69 Å². The van der Waals surface area contributed by atoms with Crippen molar-refractivity contribution in [3.8, 4) is 0 Å². The summed E-state index contributed by atoms with van der Waals surface area (Å²) in [5, 5.41) is 5.49. The molecule has 0 bridgehead atoms. The van der Waals surface area contributed by atoms with Crippen molar-refractivity contribution in [1.82, 2.24) is 5.32 Å². The monoisotopic (exact) mass is 352 g/mol. The van der Waals surface area contributed by atoms with Gasteiger partial charge < -0.3 is 10.6 Å². The van der Waals surface area contributed by atoms with E-state index < -0.39 is 11.8 Å². The van der Waals surface area contributed by atoms with Gasteiger partial charge in [-0.3, -0.25) is 9.59 Å². The number of benzene rings is 1. The molecule has 2 N–H and O–H groups in total. The van der Waals surface area contributed by atoms with E-state index in [2.05, 4.69) is 33.5 Å². The third-order valence-corrected chi connectivity index (χ3v) is 4.49. The van der Waals surface area contributed by atoms with Crippen molar-refractivity contribution in [2.75, 3.05) is 5.32 Å². The van der Waals surface area contributed by atoms with Gasteiger partial charge in [-0.05, 0) is 62.3 Å². The van der Waals surface area contributed by atoms with E-state index in [0.717, 1.165) is 41.6 Å². The van der Waals surface area contributed by atoms with Crippen LogP contribution in [0.2, 0.25) is 0 Å². The van der Waals surface area contributed by atoms with Crippen LogP contribution in [-0.2, 0) is 9.59 Å². The molecule has 1 aliphatic rings. The first-order valence-corrected chi connectivity index (χ1v) is 8.13. The first-order chi connectivity index (χ1) is 9.95. The highest BCUT2D eigenvalue weighted by atomic mass is 79.9. The molecule has 0 aromatic heterocycles. The highest BCUT2D eigenvalue weighted by molar-refractivity contribution is 9.10.